The molecule has 0 N–H and O–H groups in total. The molecule has 1 saturated heterocycles. The third-order valence-electron chi connectivity index (χ3n) is 4.97. The van der Waals surface area contributed by atoms with Gasteiger partial charge >= 0.3 is 0 Å². The molecule has 134 valence electrons. The van der Waals surface area contributed by atoms with E-state index >= 15 is 0 Å². The van der Waals surface area contributed by atoms with Crippen molar-refractivity contribution >= 4 is 11.8 Å². The van der Waals surface area contributed by atoms with Crippen LogP contribution in [0, 0.1) is 12.8 Å². The molecule has 2 nitrogen and oxygen atoms in total. The summed E-state index contributed by atoms with van der Waals surface area (Å²) in [5.74, 6) is 2.83. The average molecular weight is 356 g/mol. The van der Waals surface area contributed by atoms with Crippen molar-refractivity contribution in [3.8, 4) is 16.9 Å². The Hall–Kier alpha value is -1.45. The van der Waals surface area contributed by atoms with Crippen LogP contribution in [0.25, 0.3) is 11.1 Å². The summed E-state index contributed by atoms with van der Waals surface area (Å²) < 4.78 is 6.14. The normalized spacial score (nSPS) is 16.1. The van der Waals surface area contributed by atoms with Crippen molar-refractivity contribution < 1.29 is 4.74 Å². The fraction of sp³-hybridized carbons (Fsp3) is 0.455. The molecule has 0 amide bonds. The van der Waals surface area contributed by atoms with E-state index in [1.807, 2.05) is 11.8 Å². The Balaban J connectivity index is 1.65. The Labute approximate surface area is 156 Å². The van der Waals surface area contributed by atoms with Crippen LogP contribution >= 0.6 is 11.8 Å². The van der Waals surface area contributed by atoms with Crippen molar-refractivity contribution in [2.75, 3.05) is 32.5 Å². The summed E-state index contributed by atoms with van der Waals surface area (Å²) in [6.45, 7) is 7.57. The van der Waals surface area contributed by atoms with Gasteiger partial charge in [-0.3, -0.25) is 0 Å². The topological polar surface area (TPSA) is 12.5 Å². The molecule has 2 aromatic carbocycles. The minimum Gasteiger partial charge on any atom is -0.493 e. The first-order valence-electron chi connectivity index (χ1n) is 9.31. The molecule has 2 aromatic rings. The lowest BCUT2D eigenvalue weighted by molar-refractivity contribution is 0.159. The molecular weight excluding hydrogens is 326 g/mol. The molecule has 0 unspecified atom stereocenters. The maximum atomic E-state index is 6.14. The Kier molecular flexibility index (Phi) is 6.44. The highest BCUT2D eigenvalue weighted by atomic mass is 32.2. The molecule has 1 aliphatic rings. The van der Waals surface area contributed by atoms with Crippen molar-refractivity contribution in [3.05, 3.63) is 48.0 Å². The van der Waals surface area contributed by atoms with Crippen molar-refractivity contribution in [2.24, 2.45) is 5.92 Å². The Morgan fingerprint density at radius 2 is 1.84 bits per heavy atom. The molecular formula is C22H29NOS. The number of hydrogen-bond acceptors (Lipinski definition) is 3. The summed E-state index contributed by atoms with van der Waals surface area (Å²) >= 11 is 1.89. The van der Waals surface area contributed by atoms with Gasteiger partial charge in [-0.15, -0.1) is 11.8 Å². The fourth-order valence-corrected chi connectivity index (χ4v) is 4.08. The molecule has 1 aliphatic heterocycles. The van der Waals surface area contributed by atoms with Crippen molar-refractivity contribution in [3.63, 3.8) is 0 Å². The molecule has 0 aliphatic carbocycles. The summed E-state index contributed by atoms with van der Waals surface area (Å²) in [5, 5.41) is 0. The van der Waals surface area contributed by atoms with Gasteiger partial charge in [0.1, 0.15) is 5.75 Å². The zero-order valence-electron chi connectivity index (χ0n) is 15.6. The molecule has 3 rings (SSSR count). The van der Waals surface area contributed by atoms with Crippen LogP contribution in [0.1, 0.15) is 25.3 Å². The molecule has 0 aromatic heterocycles. The van der Waals surface area contributed by atoms with E-state index in [0.717, 1.165) is 18.1 Å². The number of piperidine rings is 1. The van der Waals surface area contributed by atoms with Crippen LogP contribution in [-0.2, 0) is 0 Å². The van der Waals surface area contributed by atoms with E-state index in [2.05, 4.69) is 68.3 Å². The van der Waals surface area contributed by atoms with Crippen LogP contribution in [0.4, 0.5) is 0 Å². The largest absolute Gasteiger partial charge is 0.493 e. The van der Waals surface area contributed by atoms with Gasteiger partial charge in [0, 0.05) is 4.90 Å². The van der Waals surface area contributed by atoms with E-state index in [0.29, 0.717) is 5.92 Å². The number of thioether (sulfide) groups is 1. The van der Waals surface area contributed by atoms with Gasteiger partial charge in [-0.2, -0.15) is 0 Å². The van der Waals surface area contributed by atoms with Crippen molar-refractivity contribution in [1.82, 2.24) is 4.90 Å². The van der Waals surface area contributed by atoms with Crippen LogP contribution in [0.5, 0.6) is 5.75 Å². The Bertz CT molecular complexity index is 692. The minimum atomic E-state index is 0.693. The van der Waals surface area contributed by atoms with Crippen LogP contribution in [-0.4, -0.2) is 37.4 Å². The maximum Gasteiger partial charge on any atom is 0.122 e. The number of hydrogen-bond donors (Lipinski definition) is 0. The highest BCUT2D eigenvalue weighted by Gasteiger charge is 2.17. The Morgan fingerprint density at radius 1 is 1.08 bits per heavy atom. The molecule has 0 spiro atoms. The summed E-state index contributed by atoms with van der Waals surface area (Å²) in [4.78, 5) is 3.74. The van der Waals surface area contributed by atoms with Crippen LogP contribution < -0.4 is 4.74 Å². The molecule has 1 heterocycles. The lowest BCUT2D eigenvalue weighted by atomic mass is 9.98. The van der Waals surface area contributed by atoms with E-state index in [9.17, 15) is 0 Å². The summed E-state index contributed by atoms with van der Waals surface area (Å²) in [7, 11) is 2.20. The van der Waals surface area contributed by atoms with Crippen LogP contribution in [0.15, 0.2) is 47.4 Å². The molecule has 3 heteroatoms. The van der Waals surface area contributed by atoms with Gasteiger partial charge in [0.05, 0.1) is 6.61 Å². The van der Waals surface area contributed by atoms with Crippen LogP contribution in [0.2, 0.25) is 0 Å². The van der Waals surface area contributed by atoms with Crippen LogP contribution in [0.3, 0.4) is 0 Å². The van der Waals surface area contributed by atoms with E-state index in [1.54, 1.807) is 0 Å². The summed E-state index contributed by atoms with van der Waals surface area (Å²) in [6.07, 6.45) is 2.49. The number of benzene rings is 2. The summed E-state index contributed by atoms with van der Waals surface area (Å²) in [6, 6.07) is 15.4. The molecule has 25 heavy (non-hydrogen) atoms. The average Bonchev–Trinajstić information content (AvgIpc) is 2.62. The van der Waals surface area contributed by atoms with Crippen molar-refractivity contribution in [1.29, 1.82) is 0 Å². The predicted molar refractivity (Wildman–Crippen MR) is 109 cm³/mol. The lowest BCUT2D eigenvalue weighted by Crippen LogP contribution is -2.32. The predicted octanol–water partition coefficient (Wildman–Crippen LogP) is 5.49. The van der Waals surface area contributed by atoms with Gasteiger partial charge in [0.15, 0.2) is 0 Å². The van der Waals surface area contributed by atoms with Gasteiger partial charge in [0.2, 0.25) is 0 Å². The second-order valence-corrected chi connectivity index (χ2v) is 8.34. The van der Waals surface area contributed by atoms with E-state index in [-0.39, 0.29) is 0 Å². The highest BCUT2D eigenvalue weighted by molar-refractivity contribution is 7.99. The molecule has 0 saturated carbocycles. The van der Waals surface area contributed by atoms with E-state index in [4.69, 9.17) is 4.74 Å². The van der Waals surface area contributed by atoms with Gasteiger partial charge < -0.3 is 9.64 Å². The molecule has 0 radical (unpaired) electrons. The number of ether oxygens (including phenoxy) is 1. The zero-order valence-corrected chi connectivity index (χ0v) is 16.4. The van der Waals surface area contributed by atoms with Gasteiger partial charge in [-0.1, -0.05) is 25.1 Å². The first kappa shape index (κ1) is 18.3. The fourth-order valence-electron chi connectivity index (χ4n) is 3.36. The second kappa shape index (κ2) is 8.77. The Morgan fingerprint density at radius 3 is 2.56 bits per heavy atom. The first-order chi connectivity index (χ1) is 12.2. The maximum absolute atomic E-state index is 6.14. The third kappa shape index (κ3) is 5.02. The number of aryl methyl sites for hydroxylation is 1. The quantitative estimate of drug-likeness (QED) is 0.635. The molecule has 0 bridgehead atoms. The second-order valence-electron chi connectivity index (χ2n) is 7.00. The first-order valence-corrected chi connectivity index (χ1v) is 10.3. The van der Waals surface area contributed by atoms with Gasteiger partial charge in [-0.25, -0.2) is 0 Å². The van der Waals surface area contributed by atoms with Crippen molar-refractivity contribution in [2.45, 2.75) is 31.6 Å². The third-order valence-corrected chi connectivity index (χ3v) is 5.84. The van der Waals surface area contributed by atoms with Gasteiger partial charge in [0.25, 0.3) is 0 Å². The summed E-state index contributed by atoms with van der Waals surface area (Å²) in [5.41, 5.74) is 3.77. The monoisotopic (exact) mass is 355 g/mol. The zero-order chi connectivity index (χ0) is 17.6. The number of likely N-dealkylation sites (tertiary alicyclic amines) is 1. The molecule has 1 fully saturated rings. The van der Waals surface area contributed by atoms with E-state index < -0.39 is 0 Å². The smallest absolute Gasteiger partial charge is 0.122 e. The van der Waals surface area contributed by atoms with E-state index in [1.165, 1.54) is 47.5 Å². The number of nitrogens with zero attached hydrogens (tertiary/aromatic N) is 1. The highest BCUT2D eigenvalue weighted by Crippen LogP contribution is 2.30. The molecule has 0 atom stereocenters. The minimum absolute atomic E-state index is 0.693. The SMILES string of the molecule is CCSc1cccc(-c2ccc(OCC3CCN(C)CC3)c(C)c2)c1. The van der Waals surface area contributed by atoms with Gasteiger partial charge in [-0.05, 0) is 92.5 Å². The standard InChI is InChI=1S/C22H29NOS/c1-4-25-21-7-5-6-19(15-21)20-8-9-22(17(2)14-20)24-16-18-10-12-23(3)13-11-18/h5-9,14-15,18H,4,10-13,16H2,1-3H3. The number of rotatable bonds is 6. The lowest BCUT2D eigenvalue weighted by Gasteiger charge is -2.28.